The third-order valence-corrected chi connectivity index (χ3v) is 2.83. The van der Waals surface area contributed by atoms with Crippen LogP contribution in [-0.2, 0) is 45.3 Å². The summed E-state index contributed by atoms with van der Waals surface area (Å²) in [6.45, 7) is 0. The van der Waals surface area contributed by atoms with Crippen molar-refractivity contribution in [1.29, 1.82) is 0 Å². The van der Waals surface area contributed by atoms with Crippen molar-refractivity contribution in [1.82, 2.24) is 0 Å². The molecule has 0 amide bonds. The van der Waals surface area contributed by atoms with E-state index in [-0.39, 0.29) is 23.1 Å². The number of hydrogen-bond acceptors (Lipinski definition) is 7. The minimum absolute atomic E-state index is 0. The standard InChI is InChI=1S/2Cr.Mg.7O/q;;+2;;;;;;2*-1. The summed E-state index contributed by atoms with van der Waals surface area (Å²) < 4.78 is 58.9. The van der Waals surface area contributed by atoms with Crippen LogP contribution in [0.15, 0.2) is 0 Å². The van der Waals surface area contributed by atoms with Crippen LogP contribution in [0.25, 0.3) is 0 Å². The van der Waals surface area contributed by atoms with E-state index in [0.717, 1.165) is 0 Å². The van der Waals surface area contributed by atoms with Crippen molar-refractivity contribution in [2.45, 2.75) is 0 Å². The molecule has 0 aliphatic heterocycles. The van der Waals surface area contributed by atoms with Gasteiger partial charge in [-0.2, -0.15) is 0 Å². The number of rotatable bonds is 2. The van der Waals surface area contributed by atoms with Gasteiger partial charge in [-0.15, -0.1) is 0 Å². The second-order valence-electron chi connectivity index (χ2n) is 0.885. The maximum absolute atomic E-state index is 9.38. The Hall–Kier alpha value is 0.911. The molecule has 0 aromatic rings. The zero-order chi connectivity index (χ0) is 7.71. The molecule has 0 spiro atoms. The average molecular weight is 240 g/mol. The molecule has 0 saturated carbocycles. The molecule has 0 heterocycles. The normalized spacial score (nSPS) is 12.2. The van der Waals surface area contributed by atoms with E-state index in [1.165, 1.54) is 0 Å². The summed E-state index contributed by atoms with van der Waals surface area (Å²) in [5.74, 6) is 0. The fraction of sp³-hybridized carbons (Fsp3) is 0. The predicted octanol–water partition coefficient (Wildman–Crippen LogP) is -3.31. The Morgan fingerprint density at radius 3 is 1.10 bits per heavy atom. The quantitative estimate of drug-likeness (QED) is 0.463. The molecule has 0 unspecified atom stereocenters. The van der Waals surface area contributed by atoms with Crippen LogP contribution < -0.4 is 8.32 Å². The molecule has 0 saturated heterocycles. The summed E-state index contributed by atoms with van der Waals surface area (Å²) in [5.41, 5.74) is 0. The molecule has 10 heteroatoms. The van der Waals surface area contributed by atoms with Crippen molar-refractivity contribution >= 4 is 23.1 Å². The van der Waals surface area contributed by atoms with Crippen LogP contribution in [-0.4, -0.2) is 23.1 Å². The molecular weight excluding hydrogens is 240 g/mol. The van der Waals surface area contributed by atoms with Gasteiger partial charge in [0.05, 0.1) is 0 Å². The molecule has 0 radical (unpaired) electrons. The Bertz CT molecular complexity index is 237. The van der Waals surface area contributed by atoms with Gasteiger partial charge < -0.3 is 0 Å². The van der Waals surface area contributed by atoms with Crippen LogP contribution in [0.2, 0.25) is 0 Å². The van der Waals surface area contributed by atoms with E-state index in [4.69, 9.17) is 0 Å². The molecule has 0 bridgehead atoms. The van der Waals surface area contributed by atoms with E-state index in [1.807, 2.05) is 0 Å². The molecule has 0 atom stereocenters. The summed E-state index contributed by atoms with van der Waals surface area (Å²) in [6, 6.07) is 0. The second kappa shape index (κ2) is 4.07. The monoisotopic (exact) mass is 240 g/mol. The molecule has 7 nitrogen and oxygen atoms in total. The summed E-state index contributed by atoms with van der Waals surface area (Å²) >= 11 is -12.1. The van der Waals surface area contributed by atoms with E-state index in [2.05, 4.69) is 2.84 Å². The summed E-state index contributed by atoms with van der Waals surface area (Å²) in [6.07, 6.45) is 0. The minimum atomic E-state index is -6.07. The molecule has 0 fully saturated rings. The van der Waals surface area contributed by atoms with Crippen LogP contribution in [0.5, 0.6) is 0 Å². The van der Waals surface area contributed by atoms with Gasteiger partial charge in [0.15, 0.2) is 0 Å². The van der Waals surface area contributed by atoms with Gasteiger partial charge in [0.2, 0.25) is 0 Å². The van der Waals surface area contributed by atoms with E-state index in [0.29, 0.717) is 0 Å². The number of hydrogen-bond donors (Lipinski definition) is 0. The van der Waals surface area contributed by atoms with Crippen molar-refractivity contribution in [2.75, 3.05) is 0 Å². The van der Waals surface area contributed by atoms with Crippen molar-refractivity contribution in [3.8, 4) is 0 Å². The van der Waals surface area contributed by atoms with Gasteiger partial charge in [-0.25, -0.2) is 0 Å². The van der Waals surface area contributed by atoms with E-state index >= 15 is 0 Å². The van der Waals surface area contributed by atoms with Crippen LogP contribution in [0.3, 0.4) is 0 Å². The maximum atomic E-state index is 9.38. The van der Waals surface area contributed by atoms with Gasteiger partial charge in [-0.1, -0.05) is 0 Å². The third kappa shape index (κ3) is 11.7. The van der Waals surface area contributed by atoms with Crippen LogP contribution in [0, 0.1) is 0 Å². The van der Waals surface area contributed by atoms with Crippen molar-refractivity contribution in [3.63, 3.8) is 0 Å². The Morgan fingerprint density at radius 2 is 1.10 bits per heavy atom. The zero-order valence-corrected chi connectivity index (χ0v) is 8.35. The van der Waals surface area contributed by atoms with Crippen LogP contribution in [0.1, 0.15) is 0 Å². The first-order valence-electron chi connectivity index (χ1n) is 1.33. The van der Waals surface area contributed by atoms with Gasteiger partial charge in [-0.3, -0.25) is 0 Å². The van der Waals surface area contributed by atoms with Crippen molar-refractivity contribution in [3.05, 3.63) is 0 Å². The van der Waals surface area contributed by atoms with E-state index in [1.54, 1.807) is 0 Å². The Labute approximate surface area is 76.3 Å². The van der Waals surface area contributed by atoms with Crippen LogP contribution in [0.4, 0.5) is 0 Å². The molecule has 56 valence electrons. The summed E-state index contributed by atoms with van der Waals surface area (Å²) in [4.78, 5) is 0. The molecule has 0 N–H and O–H groups in total. The first-order chi connectivity index (χ1) is 3.71. The SMILES string of the molecule is [Mg+2].[O]=[Cr](=[O])([O-])[O][Cr](=[O])(=[O])[O-]. The van der Waals surface area contributed by atoms with E-state index < -0.39 is 27.2 Å². The summed E-state index contributed by atoms with van der Waals surface area (Å²) in [5, 5.41) is 0. The second-order valence-corrected chi connectivity index (χ2v) is 4.52. The van der Waals surface area contributed by atoms with Crippen molar-refractivity contribution < 1.29 is 53.6 Å². The first-order valence-corrected chi connectivity index (χ1v) is 5.50. The Balaban J connectivity index is 0. The topological polar surface area (TPSA) is 124 Å². The first kappa shape index (κ1) is 13.5. The molecule has 10 heavy (non-hydrogen) atoms. The molecule has 0 aromatic carbocycles. The van der Waals surface area contributed by atoms with Gasteiger partial charge in [0, 0.05) is 0 Å². The molecule has 0 aromatic heterocycles. The van der Waals surface area contributed by atoms with Crippen LogP contribution >= 0.6 is 0 Å². The van der Waals surface area contributed by atoms with Gasteiger partial charge in [0.1, 0.15) is 0 Å². The average Bonchev–Trinajstić information content (AvgIpc) is 1.14. The Morgan fingerprint density at radius 1 is 0.900 bits per heavy atom. The van der Waals surface area contributed by atoms with Gasteiger partial charge in [0.25, 0.3) is 0 Å². The molecule has 0 rings (SSSR count). The predicted molar refractivity (Wildman–Crippen MR) is 9.59 cm³/mol. The summed E-state index contributed by atoms with van der Waals surface area (Å²) in [7, 11) is 0. The van der Waals surface area contributed by atoms with Gasteiger partial charge in [-0.05, 0) is 0 Å². The Kier molecular flexibility index (Phi) is 5.49. The van der Waals surface area contributed by atoms with Crippen molar-refractivity contribution in [2.24, 2.45) is 0 Å². The van der Waals surface area contributed by atoms with Gasteiger partial charge >= 0.3 is 76.7 Å². The van der Waals surface area contributed by atoms with E-state index in [9.17, 15) is 23.5 Å². The third-order valence-electron chi connectivity index (χ3n) is 0.167. The molecule has 0 aliphatic rings. The molecule has 0 aliphatic carbocycles. The zero-order valence-electron chi connectivity index (χ0n) is 4.38. The fourth-order valence-electron chi connectivity index (χ4n) is 0.102. The fourth-order valence-corrected chi connectivity index (χ4v) is 1.74. The molecular formula is Cr2MgO7.